The SMILES string of the molecule is CCOc1ccc(/C=N\O[C@@H](C)C(=O)Nc2ccc(Br)cc2)cc1. The fourth-order valence-corrected chi connectivity index (χ4v) is 2.09. The number of carbonyl (C=O) groups is 1. The molecule has 24 heavy (non-hydrogen) atoms. The van der Waals surface area contributed by atoms with Gasteiger partial charge in [0, 0.05) is 10.2 Å². The van der Waals surface area contributed by atoms with Crippen molar-refractivity contribution in [3.05, 3.63) is 58.6 Å². The van der Waals surface area contributed by atoms with Crippen molar-refractivity contribution in [1.82, 2.24) is 0 Å². The Hall–Kier alpha value is -2.34. The second kappa shape index (κ2) is 9.08. The van der Waals surface area contributed by atoms with Crippen LogP contribution in [0.3, 0.4) is 0 Å². The minimum absolute atomic E-state index is 0.263. The van der Waals surface area contributed by atoms with Gasteiger partial charge in [0.25, 0.3) is 5.91 Å². The van der Waals surface area contributed by atoms with Crippen LogP contribution in [0.4, 0.5) is 5.69 Å². The van der Waals surface area contributed by atoms with Crippen molar-refractivity contribution in [3.63, 3.8) is 0 Å². The highest BCUT2D eigenvalue weighted by molar-refractivity contribution is 9.10. The van der Waals surface area contributed by atoms with Gasteiger partial charge in [-0.2, -0.15) is 0 Å². The Morgan fingerprint density at radius 1 is 1.21 bits per heavy atom. The summed E-state index contributed by atoms with van der Waals surface area (Å²) in [4.78, 5) is 17.2. The Balaban J connectivity index is 1.83. The Kier molecular flexibility index (Phi) is 6.81. The number of ether oxygens (including phenoxy) is 1. The second-order valence-corrected chi connectivity index (χ2v) is 5.90. The lowest BCUT2D eigenvalue weighted by Gasteiger charge is -2.10. The number of nitrogens with one attached hydrogen (secondary N) is 1. The van der Waals surface area contributed by atoms with E-state index >= 15 is 0 Å². The normalized spacial score (nSPS) is 12.0. The van der Waals surface area contributed by atoms with E-state index in [0.29, 0.717) is 12.3 Å². The Morgan fingerprint density at radius 3 is 2.50 bits per heavy atom. The van der Waals surface area contributed by atoms with Crippen molar-refractivity contribution in [2.45, 2.75) is 20.0 Å². The highest BCUT2D eigenvalue weighted by Gasteiger charge is 2.13. The summed E-state index contributed by atoms with van der Waals surface area (Å²) in [6.45, 7) is 4.20. The average molecular weight is 391 g/mol. The largest absolute Gasteiger partial charge is 0.494 e. The number of hydrogen-bond donors (Lipinski definition) is 1. The molecule has 0 aliphatic rings. The first kappa shape index (κ1) is 18.0. The molecule has 0 aliphatic carbocycles. The predicted molar refractivity (Wildman–Crippen MR) is 98.5 cm³/mol. The number of oxime groups is 1. The van der Waals surface area contributed by atoms with E-state index in [1.165, 1.54) is 0 Å². The summed E-state index contributed by atoms with van der Waals surface area (Å²) in [5.74, 6) is 0.541. The van der Waals surface area contributed by atoms with Crippen molar-refractivity contribution >= 4 is 33.7 Å². The van der Waals surface area contributed by atoms with E-state index in [-0.39, 0.29) is 5.91 Å². The maximum absolute atomic E-state index is 12.0. The van der Waals surface area contributed by atoms with Crippen molar-refractivity contribution < 1.29 is 14.4 Å². The molecule has 0 heterocycles. The minimum Gasteiger partial charge on any atom is -0.494 e. The van der Waals surface area contributed by atoms with Crippen molar-refractivity contribution in [3.8, 4) is 5.75 Å². The van der Waals surface area contributed by atoms with Gasteiger partial charge in [0.2, 0.25) is 6.10 Å². The van der Waals surface area contributed by atoms with E-state index in [1.54, 1.807) is 25.3 Å². The van der Waals surface area contributed by atoms with E-state index in [9.17, 15) is 4.79 Å². The lowest BCUT2D eigenvalue weighted by atomic mass is 10.2. The van der Waals surface area contributed by atoms with Gasteiger partial charge in [0.15, 0.2) is 0 Å². The molecule has 0 spiro atoms. The van der Waals surface area contributed by atoms with Crippen LogP contribution in [0, 0.1) is 0 Å². The number of halogens is 1. The summed E-state index contributed by atoms with van der Waals surface area (Å²) in [6, 6.07) is 14.8. The molecule has 0 unspecified atom stereocenters. The summed E-state index contributed by atoms with van der Waals surface area (Å²) in [6.07, 6.45) is 0.853. The lowest BCUT2D eigenvalue weighted by Crippen LogP contribution is -2.26. The lowest BCUT2D eigenvalue weighted by molar-refractivity contribution is -0.126. The van der Waals surface area contributed by atoms with Crippen LogP contribution in [-0.4, -0.2) is 24.8 Å². The number of anilines is 1. The highest BCUT2D eigenvalue weighted by Crippen LogP contribution is 2.14. The summed E-state index contributed by atoms with van der Waals surface area (Å²) in [5.41, 5.74) is 1.56. The Bertz CT molecular complexity index is 684. The molecular weight excluding hydrogens is 372 g/mol. The van der Waals surface area contributed by atoms with Crippen LogP contribution in [0.15, 0.2) is 58.2 Å². The molecule has 2 rings (SSSR count). The first-order valence-corrected chi connectivity index (χ1v) is 8.36. The van der Waals surface area contributed by atoms with Crippen molar-refractivity contribution in [2.24, 2.45) is 5.16 Å². The molecule has 0 aromatic heterocycles. The average Bonchev–Trinajstić information content (AvgIpc) is 2.58. The van der Waals surface area contributed by atoms with Gasteiger partial charge in [0.1, 0.15) is 5.75 Å². The highest BCUT2D eigenvalue weighted by atomic mass is 79.9. The van der Waals surface area contributed by atoms with Crippen LogP contribution in [0.2, 0.25) is 0 Å². The van der Waals surface area contributed by atoms with Gasteiger partial charge in [-0.3, -0.25) is 4.79 Å². The molecule has 0 fully saturated rings. The number of hydrogen-bond acceptors (Lipinski definition) is 4. The van der Waals surface area contributed by atoms with Crippen LogP contribution < -0.4 is 10.1 Å². The molecule has 1 amide bonds. The molecule has 5 nitrogen and oxygen atoms in total. The molecule has 1 N–H and O–H groups in total. The quantitative estimate of drug-likeness (QED) is 0.568. The molecule has 6 heteroatoms. The first-order valence-electron chi connectivity index (χ1n) is 7.57. The maximum Gasteiger partial charge on any atom is 0.267 e. The van der Waals surface area contributed by atoms with Crippen LogP contribution in [-0.2, 0) is 9.63 Å². The zero-order chi connectivity index (χ0) is 17.4. The van der Waals surface area contributed by atoms with Gasteiger partial charge in [0.05, 0.1) is 12.8 Å². The molecule has 0 saturated heterocycles. The van der Waals surface area contributed by atoms with Crippen LogP contribution in [0.1, 0.15) is 19.4 Å². The number of benzene rings is 2. The van der Waals surface area contributed by atoms with E-state index in [2.05, 4.69) is 26.4 Å². The van der Waals surface area contributed by atoms with Gasteiger partial charge in [-0.25, -0.2) is 0 Å². The van der Waals surface area contributed by atoms with Gasteiger partial charge in [-0.15, -0.1) is 0 Å². The topological polar surface area (TPSA) is 59.9 Å². The third-order valence-corrected chi connectivity index (χ3v) is 3.62. The zero-order valence-corrected chi connectivity index (χ0v) is 15.1. The molecule has 2 aromatic carbocycles. The van der Waals surface area contributed by atoms with E-state index in [1.807, 2.05) is 43.3 Å². The summed E-state index contributed by atoms with van der Waals surface area (Å²) < 4.78 is 6.32. The molecule has 0 aliphatic heterocycles. The van der Waals surface area contributed by atoms with Crippen LogP contribution in [0.5, 0.6) is 5.75 Å². The standard InChI is InChI=1S/C18H19BrN2O3/c1-3-23-17-10-4-14(5-11-17)12-20-24-13(2)18(22)21-16-8-6-15(19)7-9-16/h4-13H,3H2,1-2H3,(H,21,22)/b20-12-/t13-/m0/s1. The Labute approximate surface area is 149 Å². The molecule has 0 bridgehead atoms. The third-order valence-electron chi connectivity index (χ3n) is 3.09. The molecule has 0 saturated carbocycles. The predicted octanol–water partition coefficient (Wildman–Crippen LogP) is 4.23. The third kappa shape index (κ3) is 5.70. The smallest absolute Gasteiger partial charge is 0.267 e. The fourth-order valence-electron chi connectivity index (χ4n) is 1.82. The Morgan fingerprint density at radius 2 is 1.88 bits per heavy atom. The van der Waals surface area contributed by atoms with Crippen molar-refractivity contribution in [2.75, 3.05) is 11.9 Å². The summed E-state index contributed by atoms with van der Waals surface area (Å²) >= 11 is 3.35. The monoisotopic (exact) mass is 390 g/mol. The summed E-state index contributed by atoms with van der Waals surface area (Å²) in [5, 5.41) is 6.62. The van der Waals surface area contributed by atoms with Crippen LogP contribution in [0.25, 0.3) is 0 Å². The zero-order valence-electron chi connectivity index (χ0n) is 13.5. The number of nitrogens with zero attached hydrogens (tertiary/aromatic N) is 1. The van der Waals surface area contributed by atoms with Crippen molar-refractivity contribution in [1.29, 1.82) is 0 Å². The minimum atomic E-state index is -0.701. The fraction of sp³-hybridized carbons (Fsp3) is 0.222. The molecule has 126 valence electrons. The van der Waals surface area contributed by atoms with Crippen LogP contribution >= 0.6 is 15.9 Å². The van der Waals surface area contributed by atoms with Gasteiger partial charge >= 0.3 is 0 Å². The van der Waals surface area contributed by atoms with Gasteiger partial charge in [-0.1, -0.05) is 21.1 Å². The van der Waals surface area contributed by atoms with E-state index < -0.39 is 6.10 Å². The molecule has 1 atom stereocenters. The summed E-state index contributed by atoms with van der Waals surface area (Å²) in [7, 11) is 0. The van der Waals surface area contributed by atoms with E-state index in [0.717, 1.165) is 15.8 Å². The molecule has 2 aromatic rings. The maximum atomic E-state index is 12.0. The number of rotatable bonds is 7. The second-order valence-electron chi connectivity index (χ2n) is 4.98. The number of carbonyl (C=O) groups excluding carboxylic acids is 1. The van der Waals surface area contributed by atoms with Gasteiger partial charge < -0.3 is 14.9 Å². The molecular formula is C18H19BrN2O3. The first-order chi connectivity index (χ1) is 11.6. The number of amides is 1. The van der Waals surface area contributed by atoms with E-state index in [4.69, 9.17) is 9.57 Å². The van der Waals surface area contributed by atoms with Gasteiger partial charge in [-0.05, 0) is 67.9 Å². The molecule has 0 radical (unpaired) electrons.